The molecule has 236 valence electrons. The molecule has 5 rings (SSSR count). The molecule has 5 aliphatic carbocycles. The van der Waals surface area contributed by atoms with Gasteiger partial charge >= 0.3 is 5.97 Å². The second kappa shape index (κ2) is 9.91. The molecule has 0 bridgehead atoms. The Hall–Kier alpha value is -1.69. The van der Waals surface area contributed by atoms with E-state index in [0.29, 0.717) is 11.7 Å². The monoisotopic (exact) mass is 583 g/mol. The van der Waals surface area contributed by atoms with Crippen LogP contribution in [0.4, 0.5) is 0 Å². The van der Waals surface area contributed by atoms with Crippen LogP contribution in [-0.2, 0) is 24.0 Å². The highest BCUT2D eigenvalue weighted by Gasteiger charge is 2.70. The number of hydroxylamine groups is 2. The van der Waals surface area contributed by atoms with E-state index in [1.807, 2.05) is 13.8 Å². The maximum atomic E-state index is 14.6. The van der Waals surface area contributed by atoms with Gasteiger partial charge in [0.2, 0.25) is 0 Å². The standard InChI is InChI=1S/C36H57NO5/c1-22(2)42-37(11)30(40)33(7)17-16-32(6)18-19-35(9)24(25(32)21-33)20-26(39)29-34(8)14-13-28(41-23(3)38)31(4,5)27(34)12-15-36(29,35)10/h20,22,25,27-29H,12-19,21H2,1-11H3/t25-,27?,28-,29+,32+,33-,34-,35+,36+/m0/s1. The number of hydrogen-bond donors (Lipinski definition) is 0. The lowest BCUT2D eigenvalue weighted by Gasteiger charge is -2.70. The zero-order valence-electron chi connectivity index (χ0n) is 28.3. The van der Waals surface area contributed by atoms with Crippen LogP contribution in [0, 0.1) is 50.2 Å². The lowest BCUT2D eigenvalue weighted by atomic mass is 9.33. The van der Waals surface area contributed by atoms with E-state index in [2.05, 4.69) is 54.5 Å². The zero-order chi connectivity index (χ0) is 31.3. The van der Waals surface area contributed by atoms with Crippen LogP contribution >= 0.6 is 0 Å². The third-order valence-electron chi connectivity index (χ3n) is 14.0. The normalized spacial score (nSPS) is 46.0. The van der Waals surface area contributed by atoms with Crippen molar-refractivity contribution in [1.29, 1.82) is 0 Å². The second-order valence-electron chi connectivity index (χ2n) is 17.2. The SMILES string of the molecule is CC(=O)O[C@H]1CC[C@@]2(C)C(CC[C@]3(C)[C@@H]2C(=O)C=C2[C@@H]4C[C@@](C)(C(=O)N(C)OC(C)C)CC[C@]4(C)CC[C@]23C)C1(C)C. The summed E-state index contributed by atoms with van der Waals surface area (Å²) >= 11 is 0. The van der Waals surface area contributed by atoms with E-state index < -0.39 is 5.41 Å². The van der Waals surface area contributed by atoms with Crippen LogP contribution in [0.5, 0.6) is 0 Å². The zero-order valence-corrected chi connectivity index (χ0v) is 28.3. The third kappa shape index (κ3) is 4.38. The Morgan fingerprint density at radius 3 is 2.19 bits per heavy atom. The molecule has 4 saturated carbocycles. The molecule has 6 heteroatoms. The highest BCUT2D eigenvalue weighted by atomic mass is 16.7. The van der Waals surface area contributed by atoms with Crippen molar-refractivity contribution in [3.8, 4) is 0 Å². The lowest BCUT2D eigenvalue weighted by Crippen LogP contribution is -2.66. The van der Waals surface area contributed by atoms with Gasteiger partial charge in [0.05, 0.1) is 6.10 Å². The number of esters is 1. The third-order valence-corrected chi connectivity index (χ3v) is 14.0. The highest BCUT2D eigenvalue weighted by Crippen LogP contribution is 2.75. The molecular weight excluding hydrogens is 526 g/mol. The van der Waals surface area contributed by atoms with Gasteiger partial charge in [0.1, 0.15) is 6.10 Å². The first-order chi connectivity index (χ1) is 19.2. The first-order valence-corrected chi connectivity index (χ1v) is 16.6. The van der Waals surface area contributed by atoms with Gasteiger partial charge in [-0.1, -0.05) is 54.0 Å². The fourth-order valence-electron chi connectivity index (χ4n) is 11.5. The molecule has 5 aliphatic rings. The largest absolute Gasteiger partial charge is 0.462 e. The summed E-state index contributed by atoms with van der Waals surface area (Å²) in [4.78, 5) is 46.2. The van der Waals surface area contributed by atoms with E-state index in [1.54, 1.807) is 7.05 Å². The van der Waals surface area contributed by atoms with Crippen LogP contribution in [0.2, 0.25) is 0 Å². The van der Waals surface area contributed by atoms with Crippen molar-refractivity contribution in [1.82, 2.24) is 5.06 Å². The van der Waals surface area contributed by atoms with Gasteiger partial charge < -0.3 is 4.74 Å². The summed E-state index contributed by atoms with van der Waals surface area (Å²) in [5.74, 6) is 0.594. The van der Waals surface area contributed by atoms with Crippen molar-refractivity contribution in [2.75, 3.05) is 7.05 Å². The van der Waals surface area contributed by atoms with Crippen LogP contribution in [0.1, 0.15) is 127 Å². The maximum absolute atomic E-state index is 14.6. The minimum Gasteiger partial charge on any atom is -0.462 e. The van der Waals surface area contributed by atoms with Crippen molar-refractivity contribution >= 4 is 17.7 Å². The van der Waals surface area contributed by atoms with Gasteiger partial charge in [-0.15, -0.1) is 0 Å². The predicted molar refractivity (Wildman–Crippen MR) is 164 cm³/mol. The molecule has 0 radical (unpaired) electrons. The van der Waals surface area contributed by atoms with Crippen molar-refractivity contribution in [3.63, 3.8) is 0 Å². The van der Waals surface area contributed by atoms with E-state index in [0.717, 1.165) is 57.8 Å². The Morgan fingerprint density at radius 2 is 1.57 bits per heavy atom. The summed E-state index contributed by atoms with van der Waals surface area (Å²) in [5.41, 5.74) is 0.313. The molecule has 4 fully saturated rings. The summed E-state index contributed by atoms with van der Waals surface area (Å²) in [7, 11) is 1.75. The van der Waals surface area contributed by atoms with Crippen molar-refractivity contribution in [2.45, 2.75) is 139 Å². The minimum atomic E-state index is -0.517. The van der Waals surface area contributed by atoms with Crippen molar-refractivity contribution in [2.24, 2.45) is 50.2 Å². The Kier molecular flexibility index (Phi) is 7.48. The number of fused-ring (bicyclic) bond motifs is 7. The van der Waals surface area contributed by atoms with Gasteiger partial charge in [-0.2, -0.15) is 0 Å². The van der Waals surface area contributed by atoms with Crippen LogP contribution in [0.25, 0.3) is 0 Å². The Labute approximate surface area is 254 Å². The van der Waals surface area contributed by atoms with E-state index in [9.17, 15) is 14.4 Å². The second-order valence-corrected chi connectivity index (χ2v) is 17.2. The molecule has 0 aromatic carbocycles. The molecule has 9 atom stereocenters. The van der Waals surface area contributed by atoms with Crippen LogP contribution in [0.15, 0.2) is 11.6 Å². The molecule has 6 nitrogen and oxygen atoms in total. The molecule has 1 amide bonds. The van der Waals surface area contributed by atoms with E-state index in [1.165, 1.54) is 17.6 Å². The topological polar surface area (TPSA) is 72.9 Å². The molecule has 0 aromatic rings. The summed E-state index contributed by atoms with van der Waals surface area (Å²) in [6.07, 6.45) is 10.5. The molecular formula is C36H57NO5. The summed E-state index contributed by atoms with van der Waals surface area (Å²) in [6, 6.07) is 0. The number of carbonyl (C=O) groups is 3. The smallest absolute Gasteiger partial charge is 0.302 e. The number of ketones is 1. The number of carbonyl (C=O) groups excluding carboxylic acids is 3. The quantitative estimate of drug-likeness (QED) is 0.251. The van der Waals surface area contributed by atoms with E-state index in [4.69, 9.17) is 9.57 Å². The molecule has 0 aromatic heterocycles. The van der Waals surface area contributed by atoms with E-state index in [-0.39, 0.29) is 63.0 Å². The van der Waals surface area contributed by atoms with E-state index >= 15 is 0 Å². The van der Waals surface area contributed by atoms with Crippen LogP contribution in [0.3, 0.4) is 0 Å². The maximum Gasteiger partial charge on any atom is 0.302 e. The minimum absolute atomic E-state index is 0.0529. The Bertz CT molecular complexity index is 1190. The predicted octanol–water partition coefficient (Wildman–Crippen LogP) is 7.70. The molecule has 1 unspecified atom stereocenters. The molecule has 0 N–H and O–H groups in total. The molecule has 0 aliphatic heterocycles. The fraction of sp³-hybridized carbons (Fsp3) is 0.861. The molecule has 0 heterocycles. The number of amides is 1. The highest BCUT2D eigenvalue weighted by molar-refractivity contribution is 5.95. The summed E-state index contributed by atoms with van der Waals surface area (Å²) in [5, 5.41) is 1.46. The van der Waals surface area contributed by atoms with Gasteiger partial charge in [0.15, 0.2) is 5.78 Å². The van der Waals surface area contributed by atoms with Gasteiger partial charge in [-0.25, -0.2) is 5.06 Å². The van der Waals surface area contributed by atoms with Crippen LogP contribution in [-0.4, -0.2) is 42.0 Å². The van der Waals surface area contributed by atoms with Crippen LogP contribution < -0.4 is 0 Å². The molecule has 0 saturated heterocycles. The number of rotatable bonds is 4. The first kappa shape index (κ1) is 31.7. The molecule has 42 heavy (non-hydrogen) atoms. The number of allylic oxidation sites excluding steroid dienone is 2. The van der Waals surface area contributed by atoms with Gasteiger partial charge in [0.25, 0.3) is 5.91 Å². The first-order valence-electron chi connectivity index (χ1n) is 16.6. The fourth-order valence-corrected chi connectivity index (χ4v) is 11.5. The molecule has 0 spiro atoms. The number of nitrogens with zero attached hydrogens (tertiary/aromatic N) is 1. The Morgan fingerprint density at radius 1 is 0.929 bits per heavy atom. The van der Waals surface area contributed by atoms with Gasteiger partial charge in [0, 0.05) is 30.7 Å². The van der Waals surface area contributed by atoms with Gasteiger partial charge in [-0.05, 0) is 111 Å². The number of hydrogen-bond acceptors (Lipinski definition) is 5. The van der Waals surface area contributed by atoms with Gasteiger partial charge in [-0.3, -0.25) is 19.2 Å². The average molecular weight is 584 g/mol. The van der Waals surface area contributed by atoms with Crippen molar-refractivity contribution in [3.05, 3.63) is 11.6 Å². The average Bonchev–Trinajstić information content (AvgIpc) is 2.87. The Balaban J connectivity index is 1.53. The van der Waals surface area contributed by atoms with Crippen molar-refractivity contribution < 1.29 is 24.0 Å². The number of ether oxygens (including phenoxy) is 1. The lowest BCUT2D eigenvalue weighted by molar-refractivity contribution is -0.213. The summed E-state index contributed by atoms with van der Waals surface area (Å²) in [6.45, 7) is 21.7. The summed E-state index contributed by atoms with van der Waals surface area (Å²) < 4.78 is 5.87.